The zero-order chi connectivity index (χ0) is 24.2. The number of aromatic amines is 1. The number of hydrogen-bond donors (Lipinski definition) is 1. The smallest absolute Gasteiger partial charge is 0.277 e. The summed E-state index contributed by atoms with van der Waals surface area (Å²) in [5, 5.41) is 4.43. The van der Waals surface area contributed by atoms with Gasteiger partial charge in [-0.15, -0.1) is 0 Å². The Labute approximate surface area is 196 Å². The number of nitrogens with zero attached hydrogens (tertiary/aromatic N) is 5. The molecule has 3 aromatic rings. The molecule has 0 amide bonds. The van der Waals surface area contributed by atoms with Gasteiger partial charge in [0, 0.05) is 33.2 Å². The van der Waals surface area contributed by atoms with Crippen LogP contribution in [0.25, 0.3) is 22.4 Å². The van der Waals surface area contributed by atoms with E-state index in [4.69, 9.17) is 4.74 Å². The summed E-state index contributed by atoms with van der Waals surface area (Å²) in [5.74, 6) is 0.0538. The number of benzene rings is 1. The van der Waals surface area contributed by atoms with Gasteiger partial charge >= 0.3 is 0 Å². The second-order valence-corrected chi connectivity index (χ2v) is 10.6. The van der Waals surface area contributed by atoms with Crippen LogP contribution in [0.2, 0.25) is 0 Å². The highest BCUT2D eigenvalue weighted by molar-refractivity contribution is 7.89. The number of aromatic nitrogens is 4. The SMILES string of the molecule is CCCc1nn(C)c2c(=O)[nH]c(-c3cc(S(=O)(=O)N4CCN(C)CC4)cc4c3OCC4=O)nc12. The van der Waals surface area contributed by atoms with Gasteiger partial charge in [0.15, 0.2) is 12.1 Å². The fourth-order valence-electron chi connectivity index (χ4n) is 4.46. The highest BCUT2D eigenvalue weighted by Gasteiger charge is 2.33. The molecule has 0 atom stereocenters. The van der Waals surface area contributed by atoms with Crippen LogP contribution in [0.3, 0.4) is 0 Å². The number of piperazine rings is 1. The Morgan fingerprint density at radius 2 is 1.79 bits per heavy atom. The van der Waals surface area contributed by atoms with Crippen molar-refractivity contribution in [3.8, 4) is 17.1 Å². The maximum atomic E-state index is 13.5. The Morgan fingerprint density at radius 3 is 2.50 bits per heavy atom. The van der Waals surface area contributed by atoms with Crippen LogP contribution in [0.1, 0.15) is 29.4 Å². The summed E-state index contributed by atoms with van der Waals surface area (Å²) in [6, 6.07) is 2.80. The van der Waals surface area contributed by atoms with Gasteiger partial charge < -0.3 is 14.6 Å². The number of ether oxygens (including phenoxy) is 1. The minimum Gasteiger partial charge on any atom is -0.484 e. The lowest BCUT2D eigenvalue weighted by Gasteiger charge is -2.31. The average Bonchev–Trinajstić information content (AvgIpc) is 3.33. The van der Waals surface area contributed by atoms with Gasteiger partial charge in [0.05, 0.1) is 21.7 Å². The van der Waals surface area contributed by atoms with Gasteiger partial charge in [0.25, 0.3) is 5.56 Å². The topological polar surface area (TPSA) is 130 Å². The fraction of sp³-hybridized carbons (Fsp3) is 0.455. The molecule has 1 N–H and O–H groups in total. The molecule has 1 aromatic carbocycles. The van der Waals surface area contributed by atoms with Crippen molar-refractivity contribution in [1.29, 1.82) is 0 Å². The zero-order valence-corrected chi connectivity index (χ0v) is 20.1. The molecule has 1 fully saturated rings. The number of ketones is 1. The second kappa shape index (κ2) is 8.29. The molecule has 11 nitrogen and oxygen atoms in total. The third kappa shape index (κ3) is 3.62. The summed E-state index contributed by atoms with van der Waals surface area (Å²) < 4.78 is 35.4. The quantitative estimate of drug-likeness (QED) is 0.560. The molecule has 4 heterocycles. The van der Waals surface area contributed by atoms with Gasteiger partial charge in [0.2, 0.25) is 15.8 Å². The molecule has 5 rings (SSSR count). The first-order valence-electron chi connectivity index (χ1n) is 11.2. The van der Waals surface area contributed by atoms with Crippen LogP contribution in [-0.2, 0) is 23.5 Å². The molecule has 0 aliphatic carbocycles. The predicted octanol–water partition coefficient (Wildman–Crippen LogP) is 0.787. The number of rotatable bonds is 5. The lowest BCUT2D eigenvalue weighted by atomic mass is 10.1. The highest BCUT2D eigenvalue weighted by atomic mass is 32.2. The first-order chi connectivity index (χ1) is 16.2. The molecule has 0 unspecified atom stereocenters. The fourth-order valence-corrected chi connectivity index (χ4v) is 5.94. The molecule has 0 saturated carbocycles. The number of fused-ring (bicyclic) bond motifs is 2. The molecule has 180 valence electrons. The Balaban J connectivity index is 1.70. The predicted molar refractivity (Wildman–Crippen MR) is 125 cm³/mol. The van der Waals surface area contributed by atoms with Crippen molar-refractivity contribution < 1.29 is 17.9 Å². The second-order valence-electron chi connectivity index (χ2n) is 8.70. The van der Waals surface area contributed by atoms with Crippen LogP contribution in [-0.4, -0.2) is 83.0 Å². The molecule has 2 aliphatic rings. The Hall–Kier alpha value is -3.09. The summed E-state index contributed by atoms with van der Waals surface area (Å²) in [4.78, 5) is 34.9. The maximum Gasteiger partial charge on any atom is 0.277 e. The minimum absolute atomic E-state index is 0.0210. The lowest BCUT2D eigenvalue weighted by Crippen LogP contribution is -2.47. The number of sulfonamides is 1. The monoisotopic (exact) mass is 486 g/mol. The van der Waals surface area contributed by atoms with Crippen molar-refractivity contribution in [1.82, 2.24) is 29.0 Å². The molecule has 1 saturated heterocycles. The Bertz CT molecular complexity index is 1470. The number of nitrogens with one attached hydrogen (secondary N) is 1. The van der Waals surface area contributed by atoms with Crippen molar-refractivity contribution in [2.45, 2.75) is 24.7 Å². The number of carbonyl (C=O) groups excluding carboxylic acids is 1. The first-order valence-corrected chi connectivity index (χ1v) is 12.6. The van der Waals surface area contributed by atoms with Crippen LogP contribution in [0, 0.1) is 0 Å². The number of H-pyrrole nitrogens is 1. The van der Waals surface area contributed by atoms with E-state index in [1.54, 1.807) is 7.05 Å². The van der Waals surface area contributed by atoms with E-state index in [-0.39, 0.29) is 40.0 Å². The van der Waals surface area contributed by atoms with Crippen LogP contribution >= 0.6 is 0 Å². The summed E-state index contributed by atoms with van der Waals surface area (Å²) in [7, 11) is -0.241. The summed E-state index contributed by atoms with van der Waals surface area (Å²) in [6.07, 6.45) is 1.46. The first kappa shape index (κ1) is 22.7. The maximum absolute atomic E-state index is 13.5. The van der Waals surface area contributed by atoms with Crippen molar-refractivity contribution >= 4 is 26.8 Å². The van der Waals surface area contributed by atoms with E-state index >= 15 is 0 Å². The third-order valence-corrected chi connectivity index (χ3v) is 8.19. The van der Waals surface area contributed by atoms with Gasteiger partial charge in [0.1, 0.15) is 17.1 Å². The molecular weight excluding hydrogens is 460 g/mol. The van der Waals surface area contributed by atoms with E-state index in [2.05, 4.69) is 20.0 Å². The summed E-state index contributed by atoms with van der Waals surface area (Å²) in [5.41, 5.74) is 1.51. The van der Waals surface area contributed by atoms with Crippen LogP contribution in [0.5, 0.6) is 5.75 Å². The Kier molecular flexibility index (Phi) is 5.53. The average molecular weight is 487 g/mol. The largest absolute Gasteiger partial charge is 0.484 e. The minimum atomic E-state index is -3.86. The molecule has 12 heteroatoms. The van der Waals surface area contributed by atoms with Gasteiger partial charge in [-0.05, 0) is 25.6 Å². The van der Waals surface area contributed by atoms with Gasteiger partial charge in [-0.3, -0.25) is 14.3 Å². The molecule has 2 aromatic heterocycles. The number of carbonyl (C=O) groups is 1. The van der Waals surface area contributed by atoms with Crippen molar-refractivity contribution in [3.05, 3.63) is 33.7 Å². The lowest BCUT2D eigenvalue weighted by molar-refractivity contribution is 0.0961. The molecule has 0 bridgehead atoms. The van der Waals surface area contributed by atoms with Crippen LogP contribution < -0.4 is 10.3 Å². The van der Waals surface area contributed by atoms with Gasteiger partial charge in [-0.1, -0.05) is 13.3 Å². The van der Waals surface area contributed by atoms with E-state index in [0.29, 0.717) is 49.3 Å². The molecule has 0 radical (unpaired) electrons. The number of aryl methyl sites for hydroxylation is 2. The zero-order valence-electron chi connectivity index (χ0n) is 19.3. The third-order valence-electron chi connectivity index (χ3n) is 6.31. The number of likely N-dealkylation sites (N-methyl/N-ethyl adjacent to an activating group) is 1. The number of Topliss-reactive ketones (excluding diaryl/α,β-unsaturated/α-hetero) is 1. The van der Waals surface area contributed by atoms with Crippen molar-refractivity contribution in [2.24, 2.45) is 7.05 Å². The van der Waals surface area contributed by atoms with Crippen LogP contribution in [0.4, 0.5) is 0 Å². The number of hydrogen-bond acceptors (Lipinski definition) is 8. The molecule has 2 aliphatic heterocycles. The molecule has 0 spiro atoms. The summed E-state index contributed by atoms with van der Waals surface area (Å²) in [6.45, 7) is 3.76. The standard InChI is InChI=1S/C22H26N6O5S/c1-4-5-16-18-19(27(3)25-16)22(30)24-21(23-18)15-11-13(10-14-17(29)12-33-20(14)15)34(31,32)28-8-6-26(2)7-9-28/h10-11H,4-9,12H2,1-3H3,(H,23,24,30). The summed E-state index contributed by atoms with van der Waals surface area (Å²) >= 11 is 0. The molecule has 34 heavy (non-hydrogen) atoms. The van der Waals surface area contributed by atoms with Gasteiger partial charge in [-0.25, -0.2) is 13.4 Å². The van der Waals surface area contributed by atoms with E-state index < -0.39 is 15.6 Å². The van der Waals surface area contributed by atoms with E-state index in [9.17, 15) is 18.0 Å². The normalized spacial score (nSPS) is 17.3. The van der Waals surface area contributed by atoms with Crippen molar-refractivity contribution in [3.63, 3.8) is 0 Å². The van der Waals surface area contributed by atoms with E-state index in [1.165, 1.54) is 21.1 Å². The Morgan fingerprint density at radius 1 is 1.09 bits per heavy atom. The van der Waals surface area contributed by atoms with Gasteiger partial charge in [-0.2, -0.15) is 9.40 Å². The van der Waals surface area contributed by atoms with E-state index in [1.807, 2.05) is 14.0 Å². The highest BCUT2D eigenvalue weighted by Crippen LogP contribution is 2.38. The van der Waals surface area contributed by atoms with E-state index in [0.717, 1.165) is 6.42 Å². The molecular formula is C22H26N6O5S. The van der Waals surface area contributed by atoms with Crippen molar-refractivity contribution in [2.75, 3.05) is 39.8 Å². The van der Waals surface area contributed by atoms with Crippen LogP contribution in [0.15, 0.2) is 21.8 Å².